The molecule has 0 atom stereocenters. The molecule has 0 fully saturated rings. The number of unbranched alkanes of at least 4 members (excludes halogenated alkanes) is 4. The Balaban J connectivity index is 1.59. The summed E-state index contributed by atoms with van der Waals surface area (Å²) in [5.74, 6) is 27.0. The van der Waals surface area contributed by atoms with E-state index in [1.165, 1.54) is 11.4 Å². The molecule has 0 aromatic heterocycles. The highest BCUT2D eigenvalue weighted by atomic mass is 15.1. The Morgan fingerprint density at radius 3 is 0.800 bits per heavy atom. The summed E-state index contributed by atoms with van der Waals surface area (Å²) in [6.07, 6.45) is 9.31. The third kappa shape index (κ3) is 13.5. The van der Waals surface area contributed by atoms with Gasteiger partial charge in [-0.25, -0.2) is 0 Å². The molecule has 0 saturated heterocycles. The predicted molar refractivity (Wildman–Crippen MR) is 250 cm³/mol. The Kier molecular flexibility index (Phi) is 17.6. The van der Waals surface area contributed by atoms with E-state index in [1.54, 1.807) is 24.3 Å². The molecule has 0 N–H and O–H groups in total. The first kappa shape index (κ1) is 44.0. The highest BCUT2D eigenvalue weighted by Crippen LogP contribution is 2.21. The average Bonchev–Trinajstić information content (AvgIpc) is 3.30. The van der Waals surface area contributed by atoms with Crippen molar-refractivity contribution in [1.29, 1.82) is 10.5 Å². The quantitative estimate of drug-likeness (QED) is 0.105. The molecule has 0 heterocycles. The van der Waals surface area contributed by atoms with Crippen LogP contribution in [0, 0.1) is 70.0 Å². The fraction of sp³-hybridized carbons (Fsp3) is 0.286. The zero-order chi connectivity index (χ0) is 42.4. The van der Waals surface area contributed by atoms with Crippen LogP contribution in [0.2, 0.25) is 0 Å². The maximum atomic E-state index is 9.32. The Bertz CT molecular complexity index is 2310. The van der Waals surface area contributed by atoms with Crippen molar-refractivity contribution in [2.24, 2.45) is 0 Å². The monoisotopic (exact) mass is 782 g/mol. The van der Waals surface area contributed by atoms with Crippen molar-refractivity contribution in [3.63, 3.8) is 0 Å². The second-order valence-corrected chi connectivity index (χ2v) is 14.8. The molecule has 5 aromatic rings. The number of hydrogen-bond donors (Lipinski definition) is 0. The van der Waals surface area contributed by atoms with Gasteiger partial charge in [0.05, 0.1) is 23.3 Å². The minimum Gasteiger partial charge on any atom is -0.372 e. The molecule has 0 spiro atoms. The molecule has 0 amide bonds. The second kappa shape index (κ2) is 24.0. The molecule has 60 heavy (non-hydrogen) atoms. The smallest absolute Gasteiger partial charge is 0.0991 e. The summed E-state index contributed by atoms with van der Waals surface area (Å²) in [7, 11) is 0. The van der Waals surface area contributed by atoms with Crippen LogP contribution in [-0.4, -0.2) is 26.2 Å². The van der Waals surface area contributed by atoms with Gasteiger partial charge >= 0.3 is 0 Å². The second-order valence-electron chi connectivity index (χ2n) is 14.8. The van der Waals surface area contributed by atoms with Gasteiger partial charge in [0.25, 0.3) is 0 Å². The Labute approximate surface area is 359 Å². The summed E-state index contributed by atoms with van der Waals surface area (Å²) in [6, 6.07) is 40.0. The molecule has 0 aliphatic rings. The van der Waals surface area contributed by atoms with Crippen LogP contribution in [-0.2, 0) is 0 Å². The van der Waals surface area contributed by atoms with Crippen molar-refractivity contribution < 1.29 is 0 Å². The minimum atomic E-state index is 0.586. The van der Waals surface area contributed by atoms with Crippen molar-refractivity contribution >= 4 is 11.4 Å². The third-order valence-electron chi connectivity index (χ3n) is 10.1. The maximum Gasteiger partial charge on any atom is 0.0991 e. The van der Waals surface area contributed by atoms with Gasteiger partial charge in [0.1, 0.15) is 0 Å². The van der Waals surface area contributed by atoms with E-state index in [4.69, 9.17) is 0 Å². The molecule has 0 aliphatic carbocycles. The highest BCUT2D eigenvalue weighted by molar-refractivity contribution is 5.65. The van der Waals surface area contributed by atoms with E-state index in [9.17, 15) is 10.5 Å². The fourth-order valence-electron chi connectivity index (χ4n) is 6.47. The standard InChI is InChI=1S/C56H54N4/c1-5-9-37-59(38-10-6-2)55-33-25-47(26-34-55)23-31-53-41-52(30-22-46-15-19-50(44-58)20-16-46)54(42-51(53)29-21-45-13-17-49(43-57)18-14-45)32-24-48-27-35-56(36-28-48)60(39-11-7-3)40-12-8-4/h13-20,25-28,33-36,41-42H,5-12,37-40H2,1-4H3. The molecular formula is C56H54N4. The van der Waals surface area contributed by atoms with E-state index in [1.807, 2.05) is 36.4 Å². The van der Waals surface area contributed by atoms with Crippen LogP contribution in [0.4, 0.5) is 11.4 Å². The van der Waals surface area contributed by atoms with Crippen LogP contribution in [0.15, 0.2) is 109 Å². The van der Waals surface area contributed by atoms with Crippen LogP contribution in [0.25, 0.3) is 0 Å². The maximum absolute atomic E-state index is 9.32. The van der Waals surface area contributed by atoms with Gasteiger partial charge in [0, 0.05) is 82.1 Å². The van der Waals surface area contributed by atoms with Gasteiger partial charge in [0.2, 0.25) is 0 Å². The third-order valence-corrected chi connectivity index (χ3v) is 10.1. The van der Waals surface area contributed by atoms with Crippen LogP contribution in [0.1, 0.15) is 135 Å². The van der Waals surface area contributed by atoms with Crippen LogP contribution in [0.3, 0.4) is 0 Å². The summed E-state index contributed by atoms with van der Waals surface area (Å²) < 4.78 is 0. The molecule has 0 saturated carbocycles. The number of nitrogens with zero attached hydrogens (tertiary/aromatic N) is 4. The zero-order valence-corrected chi connectivity index (χ0v) is 35.7. The summed E-state index contributed by atoms with van der Waals surface area (Å²) in [5.41, 5.74) is 9.99. The SMILES string of the molecule is CCCCN(CCCC)c1ccc(C#Cc2cc(C#Cc3ccc(C#N)cc3)c(C#Cc3ccc(N(CCCC)CCCC)cc3)cc2C#Cc2ccc(C#N)cc2)cc1. The van der Waals surface area contributed by atoms with Crippen LogP contribution >= 0.6 is 0 Å². The Hall–Kier alpha value is -7.08. The summed E-state index contributed by atoms with van der Waals surface area (Å²) in [4.78, 5) is 4.95. The molecule has 0 unspecified atom stereocenters. The van der Waals surface area contributed by atoms with Gasteiger partial charge in [-0.15, -0.1) is 0 Å². The van der Waals surface area contributed by atoms with E-state index in [0.29, 0.717) is 11.1 Å². The van der Waals surface area contributed by atoms with Crippen molar-refractivity contribution in [1.82, 2.24) is 0 Å². The molecule has 4 nitrogen and oxygen atoms in total. The van der Waals surface area contributed by atoms with Gasteiger partial charge in [0.15, 0.2) is 0 Å². The zero-order valence-electron chi connectivity index (χ0n) is 35.7. The molecular weight excluding hydrogens is 729 g/mol. The Morgan fingerprint density at radius 1 is 0.333 bits per heavy atom. The van der Waals surface area contributed by atoms with Gasteiger partial charge < -0.3 is 9.80 Å². The molecule has 4 heteroatoms. The van der Waals surface area contributed by atoms with Crippen LogP contribution < -0.4 is 9.80 Å². The van der Waals surface area contributed by atoms with E-state index in [2.05, 4.69) is 146 Å². The molecule has 0 bridgehead atoms. The molecule has 0 radical (unpaired) electrons. The van der Waals surface area contributed by atoms with E-state index < -0.39 is 0 Å². The largest absolute Gasteiger partial charge is 0.372 e. The van der Waals surface area contributed by atoms with Gasteiger partial charge in [-0.3, -0.25) is 0 Å². The summed E-state index contributed by atoms with van der Waals surface area (Å²) >= 11 is 0. The molecule has 5 rings (SSSR count). The van der Waals surface area contributed by atoms with E-state index in [-0.39, 0.29) is 0 Å². The number of hydrogen-bond acceptors (Lipinski definition) is 4. The molecule has 5 aromatic carbocycles. The highest BCUT2D eigenvalue weighted by Gasteiger charge is 2.09. The minimum absolute atomic E-state index is 0.586. The van der Waals surface area contributed by atoms with E-state index in [0.717, 1.165) is 122 Å². The lowest BCUT2D eigenvalue weighted by molar-refractivity contribution is 0.678. The van der Waals surface area contributed by atoms with Crippen molar-refractivity contribution in [3.8, 4) is 59.5 Å². The van der Waals surface area contributed by atoms with Crippen molar-refractivity contribution in [2.45, 2.75) is 79.1 Å². The normalized spacial score (nSPS) is 9.90. The average molecular weight is 783 g/mol. The Morgan fingerprint density at radius 2 is 0.567 bits per heavy atom. The lowest BCUT2D eigenvalue weighted by Crippen LogP contribution is -2.25. The molecule has 298 valence electrons. The lowest BCUT2D eigenvalue weighted by Gasteiger charge is -2.24. The topological polar surface area (TPSA) is 54.1 Å². The summed E-state index contributed by atoms with van der Waals surface area (Å²) in [5, 5.41) is 18.6. The molecule has 0 aliphatic heterocycles. The van der Waals surface area contributed by atoms with Crippen molar-refractivity contribution in [2.75, 3.05) is 36.0 Å². The number of nitriles is 2. The van der Waals surface area contributed by atoms with Gasteiger partial charge in [-0.1, -0.05) is 101 Å². The number of anilines is 2. The summed E-state index contributed by atoms with van der Waals surface area (Å²) in [6.45, 7) is 13.1. The predicted octanol–water partition coefficient (Wildman–Crippen LogP) is 11.8. The first-order valence-corrected chi connectivity index (χ1v) is 21.4. The van der Waals surface area contributed by atoms with Crippen molar-refractivity contribution in [3.05, 3.63) is 165 Å². The first-order chi connectivity index (χ1) is 29.5. The van der Waals surface area contributed by atoms with Crippen LogP contribution in [0.5, 0.6) is 0 Å². The number of rotatable bonds is 14. The van der Waals surface area contributed by atoms with Gasteiger partial charge in [-0.2, -0.15) is 10.5 Å². The van der Waals surface area contributed by atoms with E-state index >= 15 is 0 Å². The number of benzene rings is 5. The van der Waals surface area contributed by atoms with Gasteiger partial charge in [-0.05, 0) is 135 Å². The first-order valence-electron chi connectivity index (χ1n) is 21.4. The lowest BCUT2D eigenvalue weighted by atomic mass is 9.97. The fourth-order valence-corrected chi connectivity index (χ4v) is 6.47.